The van der Waals surface area contributed by atoms with Gasteiger partial charge in [0.05, 0.1) is 17.5 Å². The molecule has 2 aromatic heterocycles. The van der Waals surface area contributed by atoms with E-state index in [9.17, 15) is 9.90 Å². The number of aliphatic hydroxyl groups is 1. The lowest BCUT2D eigenvalue weighted by Gasteiger charge is -2.16. The summed E-state index contributed by atoms with van der Waals surface area (Å²) in [6.07, 6.45) is 0.0518. The number of hydrogen-bond acceptors (Lipinski definition) is 5. The lowest BCUT2D eigenvalue weighted by atomic mass is 10.0. The second-order valence-electron chi connectivity index (χ2n) is 6.35. The van der Waals surface area contributed by atoms with Gasteiger partial charge >= 0.3 is 0 Å². The molecule has 0 aromatic carbocycles. The third-order valence-corrected chi connectivity index (χ3v) is 4.29. The Hall–Kier alpha value is -2.15. The zero-order valence-electron chi connectivity index (χ0n) is 13.7. The van der Waals surface area contributed by atoms with Gasteiger partial charge in [-0.05, 0) is 26.8 Å². The van der Waals surface area contributed by atoms with E-state index in [2.05, 4.69) is 10.3 Å². The second-order valence-corrected chi connectivity index (χ2v) is 6.35. The maximum absolute atomic E-state index is 12.4. The van der Waals surface area contributed by atoms with Gasteiger partial charge in [0.2, 0.25) is 5.91 Å². The van der Waals surface area contributed by atoms with Crippen molar-refractivity contribution in [3.63, 3.8) is 0 Å². The minimum atomic E-state index is -0.537. The van der Waals surface area contributed by atoms with Crippen LogP contribution in [0.4, 0.5) is 0 Å². The third kappa shape index (κ3) is 3.44. The predicted molar refractivity (Wildman–Crippen MR) is 82.7 cm³/mol. The highest BCUT2D eigenvalue weighted by Crippen LogP contribution is 2.22. The Morgan fingerprint density at radius 3 is 2.70 bits per heavy atom. The maximum Gasteiger partial charge on any atom is 0.244 e. The van der Waals surface area contributed by atoms with Gasteiger partial charge in [0.15, 0.2) is 0 Å². The summed E-state index contributed by atoms with van der Waals surface area (Å²) in [6, 6.07) is 3.81. The Kier molecular flexibility index (Phi) is 4.21. The van der Waals surface area contributed by atoms with Crippen LogP contribution in [0.5, 0.6) is 0 Å². The molecule has 0 bridgehead atoms. The average molecular weight is 318 g/mol. The summed E-state index contributed by atoms with van der Waals surface area (Å²) in [5.74, 6) is 0.706. The van der Waals surface area contributed by atoms with Crippen LogP contribution in [0.2, 0.25) is 0 Å². The molecule has 3 rings (SSSR count). The standard InChI is InChI=1S/C16H22N4O3/c1-10-4-12(3)20(17-10)9-16(22)19-7-13(15(21)8-19)6-14-5-11(2)18-23-14/h4-5,13,15,21H,6-9H2,1-3H3/t13-,15-/m1/s1. The predicted octanol–water partition coefficient (Wildman–Crippen LogP) is 0.858. The number of aromatic nitrogens is 3. The number of carbonyl (C=O) groups is 1. The number of hydrogen-bond donors (Lipinski definition) is 1. The molecule has 23 heavy (non-hydrogen) atoms. The first-order valence-electron chi connectivity index (χ1n) is 7.81. The van der Waals surface area contributed by atoms with E-state index >= 15 is 0 Å². The molecule has 0 saturated carbocycles. The molecule has 1 saturated heterocycles. The highest BCUT2D eigenvalue weighted by Gasteiger charge is 2.34. The molecule has 0 radical (unpaired) electrons. The SMILES string of the molecule is Cc1cc(C[C@@H]2CN(C(=O)Cn3nc(C)cc3C)C[C@H]2O)on1. The fourth-order valence-electron chi connectivity index (χ4n) is 3.09. The molecule has 1 aliphatic rings. The van der Waals surface area contributed by atoms with Gasteiger partial charge in [0.25, 0.3) is 0 Å². The number of nitrogens with zero attached hydrogens (tertiary/aromatic N) is 4. The Morgan fingerprint density at radius 2 is 2.09 bits per heavy atom. The summed E-state index contributed by atoms with van der Waals surface area (Å²) in [6.45, 7) is 6.79. The number of aliphatic hydroxyl groups excluding tert-OH is 1. The van der Waals surface area contributed by atoms with Crippen LogP contribution in [0.1, 0.15) is 22.8 Å². The minimum Gasteiger partial charge on any atom is -0.391 e. The molecule has 0 spiro atoms. The molecule has 7 nitrogen and oxygen atoms in total. The molecule has 7 heteroatoms. The molecule has 124 valence electrons. The Bertz CT molecular complexity index is 706. The lowest BCUT2D eigenvalue weighted by molar-refractivity contribution is -0.131. The van der Waals surface area contributed by atoms with Crippen molar-refractivity contribution in [2.45, 2.75) is 39.8 Å². The van der Waals surface area contributed by atoms with E-state index < -0.39 is 6.10 Å². The second kappa shape index (κ2) is 6.16. The zero-order valence-corrected chi connectivity index (χ0v) is 13.7. The van der Waals surface area contributed by atoms with Gasteiger partial charge in [-0.3, -0.25) is 9.48 Å². The van der Waals surface area contributed by atoms with E-state index in [1.54, 1.807) is 9.58 Å². The summed E-state index contributed by atoms with van der Waals surface area (Å²) in [4.78, 5) is 14.1. The van der Waals surface area contributed by atoms with Crippen molar-refractivity contribution in [1.29, 1.82) is 0 Å². The quantitative estimate of drug-likeness (QED) is 0.904. The number of amides is 1. The molecule has 1 amide bonds. The van der Waals surface area contributed by atoms with E-state index in [4.69, 9.17) is 4.52 Å². The van der Waals surface area contributed by atoms with Crippen LogP contribution in [0.15, 0.2) is 16.7 Å². The van der Waals surface area contributed by atoms with Crippen molar-refractivity contribution >= 4 is 5.91 Å². The molecule has 0 aliphatic carbocycles. The van der Waals surface area contributed by atoms with E-state index in [1.807, 2.05) is 32.9 Å². The van der Waals surface area contributed by atoms with Crippen molar-refractivity contribution in [2.75, 3.05) is 13.1 Å². The van der Waals surface area contributed by atoms with Gasteiger partial charge < -0.3 is 14.5 Å². The van der Waals surface area contributed by atoms with Crippen LogP contribution >= 0.6 is 0 Å². The first-order chi connectivity index (χ1) is 10.9. The third-order valence-electron chi connectivity index (χ3n) is 4.29. The average Bonchev–Trinajstić information content (AvgIpc) is 3.13. The molecule has 1 N–H and O–H groups in total. The largest absolute Gasteiger partial charge is 0.391 e. The fourth-order valence-corrected chi connectivity index (χ4v) is 3.09. The number of β-amino-alcohol motifs (C(OH)–C–C–N with tert-alkyl or cyclic N) is 1. The molecule has 1 fully saturated rings. The summed E-state index contributed by atoms with van der Waals surface area (Å²) < 4.78 is 6.91. The van der Waals surface area contributed by atoms with Gasteiger partial charge in [-0.1, -0.05) is 5.16 Å². The van der Waals surface area contributed by atoms with E-state index in [0.29, 0.717) is 19.5 Å². The van der Waals surface area contributed by atoms with Crippen LogP contribution in [0, 0.1) is 26.7 Å². The topological polar surface area (TPSA) is 84.4 Å². The van der Waals surface area contributed by atoms with Crippen LogP contribution in [0.25, 0.3) is 0 Å². The van der Waals surface area contributed by atoms with Gasteiger partial charge in [-0.2, -0.15) is 5.10 Å². The van der Waals surface area contributed by atoms with Crippen LogP contribution in [-0.4, -0.2) is 50.0 Å². The van der Waals surface area contributed by atoms with Crippen molar-refractivity contribution in [2.24, 2.45) is 5.92 Å². The summed E-state index contributed by atoms with van der Waals surface area (Å²) >= 11 is 0. The van der Waals surface area contributed by atoms with Crippen molar-refractivity contribution in [3.05, 3.63) is 35.0 Å². The zero-order chi connectivity index (χ0) is 16.6. The van der Waals surface area contributed by atoms with Crippen LogP contribution in [0.3, 0.4) is 0 Å². The summed E-state index contributed by atoms with van der Waals surface area (Å²) in [5, 5.41) is 18.4. The highest BCUT2D eigenvalue weighted by atomic mass is 16.5. The number of aryl methyl sites for hydroxylation is 3. The molecule has 2 atom stereocenters. The monoisotopic (exact) mass is 318 g/mol. The Balaban J connectivity index is 1.61. The molecular formula is C16H22N4O3. The fraction of sp³-hybridized carbons (Fsp3) is 0.562. The van der Waals surface area contributed by atoms with Crippen molar-refractivity contribution < 1.29 is 14.4 Å². The van der Waals surface area contributed by atoms with Gasteiger partial charge in [-0.15, -0.1) is 0 Å². The van der Waals surface area contributed by atoms with E-state index in [0.717, 1.165) is 22.8 Å². The number of rotatable bonds is 4. The summed E-state index contributed by atoms with van der Waals surface area (Å²) in [7, 11) is 0. The Morgan fingerprint density at radius 1 is 1.30 bits per heavy atom. The van der Waals surface area contributed by atoms with E-state index in [-0.39, 0.29) is 18.4 Å². The smallest absolute Gasteiger partial charge is 0.244 e. The summed E-state index contributed by atoms with van der Waals surface area (Å²) in [5.41, 5.74) is 2.68. The van der Waals surface area contributed by atoms with Crippen molar-refractivity contribution in [3.8, 4) is 0 Å². The van der Waals surface area contributed by atoms with Crippen LogP contribution < -0.4 is 0 Å². The molecule has 2 aromatic rings. The normalized spacial score (nSPS) is 21.1. The molecule has 1 aliphatic heterocycles. The van der Waals surface area contributed by atoms with Gasteiger partial charge in [0, 0.05) is 37.2 Å². The van der Waals surface area contributed by atoms with Crippen molar-refractivity contribution in [1.82, 2.24) is 19.8 Å². The minimum absolute atomic E-state index is 0.0215. The van der Waals surface area contributed by atoms with Gasteiger partial charge in [-0.25, -0.2) is 0 Å². The number of likely N-dealkylation sites (tertiary alicyclic amines) is 1. The first-order valence-corrected chi connectivity index (χ1v) is 7.81. The highest BCUT2D eigenvalue weighted by molar-refractivity contribution is 5.76. The molecule has 0 unspecified atom stereocenters. The Labute approximate surface area is 134 Å². The van der Waals surface area contributed by atoms with Crippen LogP contribution in [-0.2, 0) is 17.8 Å². The number of carbonyl (C=O) groups excluding carboxylic acids is 1. The molecule has 3 heterocycles. The maximum atomic E-state index is 12.4. The van der Waals surface area contributed by atoms with Gasteiger partial charge in [0.1, 0.15) is 12.3 Å². The lowest BCUT2D eigenvalue weighted by Crippen LogP contribution is -2.33. The van der Waals surface area contributed by atoms with E-state index in [1.165, 1.54) is 0 Å². The first kappa shape index (κ1) is 15.7. The molecular weight excluding hydrogens is 296 g/mol.